The minimum absolute atomic E-state index is 0.140. The number of benzene rings is 1. The predicted molar refractivity (Wildman–Crippen MR) is 113 cm³/mol. The molecule has 0 aliphatic rings. The topological polar surface area (TPSA) is 186 Å². The summed E-state index contributed by atoms with van der Waals surface area (Å²) < 4.78 is 27.5. The Kier molecular flexibility index (Phi) is 8.62. The fourth-order valence-electron chi connectivity index (χ4n) is 2.76. The molecule has 2 amide bonds. The molecule has 11 nitrogen and oxygen atoms in total. The van der Waals surface area contributed by atoms with E-state index in [1.165, 1.54) is 35.6 Å². The van der Waals surface area contributed by atoms with Gasteiger partial charge in [0.05, 0.1) is 23.6 Å². The predicted octanol–water partition coefficient (Wildman–Crippen LogP) is 0.141. The average Bonchev–Trinajstić information content (AvgIpc) is 3.13. The molecule has 0 aliphatic carbocycles. The van der Waals surface area contributed by atoms with E-state index in [1.807, 2.05) is 0 Å². The van der Waals surface area contributed by atoms with Crippen LogP contribution in [-0.2, 0) is 30.8 Å². The van der Waals surface area contributed by atoms with Crippen LogP contribution in [0.3, 0.4) is 0 Å². The fraction of sp³-hybridized carbons (Fsp3) is 0.333. The minimum Gasteiger partial charge on any atom is -0.481 e. The molecular formula is C18H23N5O6S2. The molecule has 6 N–H and O–H groups in total. The van der Waals surface area contributed by atoms with Crippen LogP contribution in [0.25, 0.3) is 0 Å². The number of carboxylic acids is 1. The average molecular weight is 470 g/mol. The van der Waals surface area contributed by atoms with E-state index in [9.17, 15) is 27.9 Å². The molecule has 1 heterocycles. The molecule has 0 bridgehead atoms. The van der Waals surface area contributed by atoms with Crippen LogP contribution in [0.15, 0.2) is 40.6 Å². The first-order valence-corrected chi connectivity index (χ1v) is 11.5. The lowest BCUT2D eigenvalue weighted by molar-refractivity contribution is -0.149. The van der Waals surface area contributed by atoms with Crippen molar-refractivity contribution >= 4 is 44.3 Å². The van der Waals surface area contributed by atoms with E-state index >= 15 is 0 Å². The summed E-state index contributed by atoms with van der Waals surface area (Å²) in [4.78, 5) is 41.0. The highest BCUT2D eigenvalue weighted by Gasteiger charge is 2.33. The Morgan fingerprint density at radius 1 is 1.19 bits per heavy atom. The summed E-state index contributed by atoms with van der Waals surface area (Å²) in [5.41, 5.74) is 11.6. The van der Waals surface area contributed by atoms with Crippen molar-refractivity contribution in [2.24, 2.45) is 5.73 Å². The molecule has 0 aliphatic heterocycles. The van der Waals surface area contributed by atoms with Gasteiger partial charge in [0.15, 0.2) is 5.13 Å². The molecule has 0 saturated carbocycles. The molecule has 1 aromatic carbocycles. The second-order valence-electron chi connectivity index (χ2n) is 6.44. The Morgan fingerprint density at radius 2 is 1.87 bits per heavy atom. The zero-order valence-electron chi connectivity index (χ0n) is 16.4. The molecule has 31 heavy (non-hydrogen) atoms. The van der Waals surface area contributed by atoms with Gasteiger partial charge in [-0.1, -0.05) is 18.2 Å². The van der Waals surface area contributed by atoms with Crippen molar-refractivity contribution in [2.45, 2.75) is 36.7 Å². The lowest BCUT2D eigenvalue weighted by Gasteiger charge is -2.29. The zero-order valence-corrected chi connectivity index (χ0v) is 18.1. The van der Waals surface area contributed by atoms with Crippen molar-refractivity contribution in [3.05, 3.63) is 41.4 Å². The number of anilines is 1. The summed E-state index contributed by atoms with van der Waals surface area (Å²) in [5, 5.41) is 11.4. The Morgan fingerprint density at radius 3 is 2.42 bits per heavy atom. The highest BCUT2D eigenvalue weighted by Crippen LogP contribution is 2.16. The van der Waals surface area contributed by atoms with Gasteiger partial charge >= 0.3 is 5.97 Å². The highest BCUT2D eigenvalue weighted by atomic mass is 32.2. The number of carbonyl (C=O) groups is 3. The number of sulfonamides is 1. The Hall–Kier alpha value is -2.87. The van der Waals surface area contributed by atoms with E-state index in [0.717, 1.165) is 0 Å². The number of nitrogens with two attached hydrogens (primary N) is 2. The van der Waals surface area contributed by atoms with Crippen molar-refractivity contribution in [1.82, 2.24) is 14.6 Å². The third-order valence-electron chi connectivity index (χ3n) is 4.13. The SMILES string of the molecule is NCC(=O)N(C(=O)CCCc1csc(N)n1)[C@H](CC(=O)O)NS(=O)(=O)c1ccccc1. The monoisotopic (exact) mass is 469 g/mol. The molecular weight excluding hydrogens is 446 g/mol. The van der Waals surface area contributed by atoms with E-state index in [1.54, 1.807) is 11.4 Å². The number of nitrogen functional groups attached to an aromatic ring is 1. The molecule has 13 heteroatoms. The number of hydrogen-bond donors (Lipinski definition) is 4. The van der Waals surface area contributed by atoms with Gasteiger partial charge in [0.25, 0.3) is 0 Å². The van der Waals surface area contributed by atoms with E-state index in [-0.39, 0.29) is 11.3 Å². The summed E-state index contributed by atoms with van der Waals surface area (Å²) >= 11 is 1.25. The molecule has 0 saturated heterocycles. The molecule has 0 spiro atoms. The number of carbonyl (C=O) groups excluding carboxylic acids is 2. The number of thiazole rings is 1. The van der Waals surface area contributed by atoms with Crippen LogP contribution in [0.5, 0.6) is 0 Å². The summed E-state index contributed by atoms with van der Waals surface area (Å²) in [6.07, 6.45) is -1.91. The first-order valence-electron chi connectivity index (χ1n) is 9.18. The third-order valence-corrected chi connectivity index (χ3v) is 6.33. The van der Waals surface area contributed by atoms with Crippen LogP contribution in [0.4, 0.5) is 5.13 Å². The molecule has 2 rings (SSSR count). The largest absolute Gasteiger partial charge is 0.481 e. The Bertz CT molecular complexity index is 1030. The van der Waals surface area contributed by atoms with Crippen LogP contribution in [0, 0.1) is 0 Å². The van der Waals surface area contributed by atoms with E-state index < -0.39 is 46.9 Å². The number of aliphatic carboxylic acids is 1. The smallest absolute Gasteiger partial charge is 0.306 e. The molecule has 0 radical (unpaired) electrons. The van der Waals surface area contributed by atoms with Crippen LogP contribution in [0.2, 0.25) is 0 Å². The Balaban J connectivity index is 2.21. The van der Waals surface area contributed by atoms with Crippen LogP contribution in [-0.4, -0.2) is 53.9 Å². The normalized spacial score (nSPS) is 12.3. The van der Waals surface area contributed by atoms with Gasteiger partial charge in [0.1, 0.15) is 6.17 Å². The van der Waals surface area contributed by atoms with Crippen molar-refractivity contribution in [3.8, 4) is 0 Å². The minimum atomic E-state index is -4.21. The van der Waals surface area contributed by atoms with Gasteiger partial charge in [-0.05, 0) is 25.0 Å². The van der Waals surface area contributed by atoms with Crippen molar-refractivity contribution in [2.75, 3.05) is 12.3 Å². The fourth-order valence-corrected chi connectivity index (χ4v) is 4.56. The number of rotatable bonds is 11. The van der Waals surface area contributed by atoms with Crippen molar-refractivity contribution in [1.29, 1.82) is 0 Å². The third kappa shape index (κ3) is 7.10. The van der Waals surface area contributed by atoms with E-state index in [4.69, 9.17) is 11.5 Å². The van der Waals surface area contributed by atoms with Crippen LogP contribution in [0.1, 0.15) is 25.0 Å². The number of carboxylic acid groups (broad SMARTS) is 1. The number of imide groups is 1. The number of nitrogens with one attached hydrogen (secondary N) is 1. The quantitative estimate of drug-likeness (QED) is 0.332. The maximum absolute atomic E-state index is 12.8. The summed E-state index contributed by atoms with van der Waals surface area (Å²) in [5.74, 6) is -3.05. The number of aromatic nitrogens is 1. The molecule has 1 aromatic heterocycles. The van der Waals surface area contributed by atoms with Gasteiger partial charge in [-0.3, -0.25) is 19.3 Å². The summed E-state index contributed by atoms with van der Waals surface area (Å²) in [6.45, 7) is -0.600. The highest BCUT2D eigenvalue weighted by molar-refractivity contribution is 7.89. The number of amides is 2. The number of nitrogens with zero attached hydrogens (tertiary/aromatic N) is 2. The number of aryl methyl sites for hydroxylation is 1. The first kappa shape index (κ1) is 24.4. The van der Waals surface area contributed by atoms with Gasteiger partial charge in [-0.25, -0.2) is 13.4 Å². The van der Waals surface area contributed by atoms with E-state index in [0.29, 0.717) is 28.6 Å². The summed E-state index contributed by atoms with van der Waals surface area (Å²) in [7, 11) is -4.21. The second-order valence-corrected chi connectivity index (χ2v) is 9.04. The first-order chi connectivity index (χ1) is 14.6. The molecule has 0 unspecified atom stereocenters. The van der Waals surface area contributed by atoms with E-state index in [2.05, 4.69) is 9.71 Å². The standard InChI is InChI=1S/C18H23N5O6S2/c19-10-16(25)23(15(24)8-4-5-12-11-30-18(20)21-12)14(9-17(26)27)22-31(28,29)13-6-2-1-3-7-13/h1-3,6-7,11,14,22H,4-5,8-10,19H2,(H2,20,21)(H,26,27)/t14-/m1/s1. The van der Waals surface area contributed by atoms with Gasteiger partial charge < -0.3 is 16.6 Å². The molecule has 0 fully saturated rings. The maximum atomic E-state index is 12.8. The maximum Gasteiger partial charge on any atom is 0.306 e. The van der Waals surface area contributed by atoms with Gasteiger partial charge in [-0.15, -0.1) is 11.3 Å². The van der Waals surface area contributed by atoms with Crippen molar-refractivity contribution in [3.63, 3.8) is 0 Å². The van der Waals surface area contributed by atoms with Gasteiger partial charge in [0, 0.05) is 11.8 Å². The van der Waals surface area contributed by atoms with Crippen molar-refractivity contribution < 1.29 is 27.9 Å². The zero-order chi connectivity index (χ0) is 23.0. The van der Waals surface area contributed by atoms with Crippen LogP contribution >= 0.6 is 11.3 Å². The summed E-state index contributed by atoms with van der Waals surface area (Å²) in [6, 6.07) is 7.19. The van der Waals surface area contributed by atoms with Gasteiger partial charge in [0.2, 0.25) is 21.8 Å². The molecule has 1 atom stereocenters. The Labute approximate surface area is 183 Å². The molecule has 2 aromatic rings. The number of hydrogen-bond acceptors (Lipinski definition) is 9. The molecule has 168 valence electrons. The lowest BCUT2D eigenvalue weighted by atomic mass is 10.1. The van der Waals surface area contributed by atoms with Crippen LogP contribution < -0.4 is 16.2 Å². The lowest BCUT2D eigenvalue weighted by Crippen LogP contribution is -2.55. The van der Waals surface area contributed by atoms with Gasteiger partial charge in [-0.2, -0.15) is 4.72 Å². The second kappa shape index (κ2) is 10.9.